The smallest absolute Gasteiger partial charge is 0.190 e. The molecule has 1 rings (SSSR count). The van der Waals surface area contributed by atoms with E-state index in [1.165, 1.54) is 6.42 Å². The van der Waals surface area contributed by atoms with Gasteiger partial charge in [0.2, 0.25) is 0 Å². The number of hydrogen-bond donors (Lipinski definition) is 2. The summed E-state index contributed by atoms with van der Waals surface area (Å²) in [6, 6.07) is 0. The molecule has 14 heavy (non-hydrogen) atoms. The molecule has 1 aliphatic rings. The zero-order chi connectivity index (χ0) is 10.6. The Morgan fingerprint density at radius 3 is 2.50 bits per heavy atom. The highest BCUT2D eigenvalue weighted by Gasteiger charge is 2.40. The summed E-state index contributed by atoms with van der Waals surface area (Å²) in [5, 5.41) is 6.14. The van der Waals surface area contributed by atoms with E-state index in [9.17, 15) is 4.21 Å². The molecule has 82 valence electrons. The van der Waals surface area contributed by atoms with Crippen LogP contribution >= 0.6 is 0 Å². The van der Waals surface area contributed by atoms with Crippen LogP contribution in [0.1, 0.15) is 19.3 Å². The molecule has 0 heterocycles. The Kier molecular flexibility index (Phi) is 3.92. The van der Waals surface area contributed by atoms with E-state index < -0.39 is 10.8 Å². The molecule has 0 aromatic heterocycles. The maximum Gasteiger partial charge on any atom is 0.190 e. The lowest BCUT2D eigenvalue weighted by molar-refractivity contribution is 0.349. The Labute approximate surface area is 88.0 Å². The molecule has 5 heteroatoms. The molecule has 0 spiro atoms. The van der Waals surface area contributed by atoms with Crippen molar-refractivity contribution in [3.63, 3.8) is 0 Å². The summed E-state index contributed by atoms with van der Waals surface area (Å²) in [5.74, 6) is 0.765. The first-order valence-electron chi connectivity index (χ1n) is 4.86. The fourth-order valence-corrected chi connectivity index (χ4v) is 2.80. The topological polar surface area (TPSA) is 53.5 Å². The molecule has 1 saturated carbocycles. The van der Waals surface area contributed by atoms with E-state index in [-0.39, 0.29) is 4.75 Å². The van der Waals surface area contributed by atoms with Gasteiger partial charge in [0.05, 0.1) is 4.75 Å². The molecule has 0 aromatic rings. The van der Waals surface area contributed by atoms with Crippen molar-refractivity contribution in [2.45, 2.75) is 24.0 Å². The number of aliphatic imine (C=N–C) groups is 1. The molecule has 4 nitrogen and oxygen atoms in total. The highest BCUT2D eigenvalue weighted by atomic mass is 32.2. The van der Waals surface area contributed by atoms with Gasteiger partial charge in [0.25, 0.3) is 0 Å². The van der Waals surface area contributed by atoms with Crippen LogP contribution in [0.25, 0.3) is 0 Å². The van der Waals surface area contributed by atoms with Crippen LogP contribution in [0.2, 0.25) is 0 Å². The maximum atomic E-state index is 11.5. The van der Waals surface area contributed by atoms with Crippen LogP contribution in [0.5, 0.6) is 0 Å². The number of guanidine groups is 1. The first-order chi connectivity index (χ1) is 6.64. The van der Waals surface area contributed by atoms with Crippen molar-refractivity contribution in [3.8, 4) is 0 Å². The average Bonchev–Trinajstić information content (AvgIpc) is 2.09. The molecule has 0 saturated heterocycles. The van der Waals surface area contributed by atoms with Crippen molar-refractivity contribution in [2.75, 3.05) is 26.9 Å². The third-order valence-corrected chi connectivity index (χ3v) is 4.69. The van der Waals surface area contributed by atoms with Gasteiger partial charge < -0.3 is 10.6 Å². The van der Waals surface area contributed by atoms with Crippen molar-refractivity contribution in [3.05, 3.63) is 0 Å². The Hall–Kier alpha value is -0.580. The minimum Gasteiger partial charge on any atom is -0.359 e. The lowest BCUT2D eigenvalue weighted by Crippen LogP contribution is -2.52. The summed E-state index contributed by atoms with van der Waals surface area (Å²) in [7, 11) is 2.81. The van der Waals surface area contributed by atoms with Gasteiger partial charge in [0.1, 0.15) is 0 Å². The predicted octanol–water partition coefficient (Wildman–Crippen LogP) is 0.0824. The number of nitrogens with one attached hydrogen (secondary N) is 2. The molecule has 1 aliphatic carbocycles. The summed E-state index contributed by atoms with van der Waals surface area (Å²) in [6.07, 6.45) is 5.11. The maximum absolute atomic E-state index is 11.5. The normalized spacial score (nSPS) is 22.4. The van der Waals surface area contributed by atoms with Crippen LogP contribution in [0.4, 0.5) is 0 Å². The van der Waals surface area contributed by atoms with Crippen molar-refractivity contribution in [1.82, 2.24) is 10.6 Å². The molecule has 1 unspecified atom stereocenters. The lowest BCUT2D eigenvalue weighted by atomic mass is 9.84. The standard InChI is InChI=1S/C9H19N3OS/c1-10-8(11-2)12-7-9(14(3)13)5-4-6-9/h4-7H2,1-3H3,(H2,10,11,12). The van der Waals surface area contributed by atoms with Crippen molar-refractivity contribution in [2.24, 2.45) is 4.99 Å². The highest BCUT2D eigenvalue weighted by Crippen LogP contribution is 2.36. The van der Waals surface area contributed by atoms with E-state index in [1.54, 1.807) is 13.3 Å². The Morgan fingerprint density at radius 1 is 1.57 bits per heavy atom. The van der Waals surface area contributed by atoms with Gasteiger partial charge in [-0.2, -0.15) is 0 Å². The average molecular weight is 217 g/mol. The van der Waals surface area contributed by atoms with Gasteiger partial charge >= 0.3 is 0 Å². The zero-order valence-corrected chi connectivity index (χ0v) is 9.91. The van der Waals surface area contributed by atoms with E-state index >= 15 is 0 Å². The van der Waals surface area contributed by atoms with Crippen molar-refractivity contribution >= 4 is 16.8 Å². The fourth-order valence-electron chi connectivity index (χ4n) is 1.66. The van der Waals surface area contributed by atoms with Crippen LogP contribution < -0.4 is 10.6 Å². The van der Waals surface area contributed by atoms with Crippen LogP contribution in [0, 0.1) is 0 Å². The van der Waals surface area contributed by atoms with Crippen LogP contribution in [-0.2, 0) is 10.8 Å². The SMILES string of the molecule is CN=C(NC)NCC1(S(C)=O)CCC1. The Bertz CT molecular complexity index is 248. The quantitative estimate of drug-likeness (QED) is 0.520. The minimum atomic E-state index is -0.748. The zero-order valence-electron chi connectivity index (χ0n) is 9.09. The van der Waals surface area contributed by atoms with Crippen LogP contribution in [0.3, 0.4) is 0 Å². The van der Waals surface area contributed by atoms with Gasteiger partial charge in [-0.15, -0.1) is 0 Å². The first-order valence-corrected chi connectivity index (χ1v) is 6.42. The lowest BCUT2D eigenvalue weighted by Gasteiger charge is -2.40. The van der Waals surface area contributed by atoms with Crippen LogP contribution in [0.15, 0.2) is 4.99 Å². The monoisotopic (exact) mass is 217 g/mol. The van der Waals surface area contributed by atoms with Gasteiger partial charge in [0.15, 0.2) is 5.96 Å². The second kappa shape index (κ2) is 4.77. The Morgan fingerprint density at radius 2 is 2.21 bits per heavy atom. The summed E-state index contributed by atoms with van der Waals surface area (Å²) < 4.78 is 11.5. The minimum absolute atomic E-state index is 0.00715. The number of rotatable bonds is 3. The summed E-state index contributed by atoms with van der Waals surface area (Å²) in [4.78, 5) is 4.02. The van der Waals surface area contributed by atoms with Crippen molar-refractivity contribution in [1.29, 1.82) is 0 Å². The molecule has 0 bridgehead atoms. The molecule has 1 atom stereocenters. The highest BCUT2D eigenvalue weighted by molar-refractivity contribution is 7.85. The van der Waals surface area contributed by atoms with E-state index in [1.807, 2.05) is 7.05 Å². The second-order valence-electron chi connectivity index (χ2n) is 3.67. The largest absolute Gasteiger partial charge is 0.359 e. The van der Waals surface area contributed by atoms with Crippen molar-refractivity contribution < 1.29 is 4.21 Å². The van der Waals surface area contributed by atoms with Gasteiger partial charge in [-0.25, -0.2) is 0 Å². The number of nitrogens with zero attached hydrogens (tertiary/aromatic N) is 1. The van der Waals surface area contributed by atoms with Crippen LogP contribution in [-0.4, -0.2) is 41.8 Å². The fraction of sp³-hybridized carbons (Fsp3) is 0.889. The van der Waals surface area contributed by atoms with E-state index in [2.05, 4.69) is 15.6 Å². The van der Waals surface area contributed by atoms with Gasteiger partial charge in [0, 0.05) is 37.7 Å². The molecule has 0 amide bonds. The molecular weight excluding hydrogens is 198 g/mol. The third kappa shape index (κ3) is 2.26. The summed E-state index contributed by atoms with van der Waals surface area (Å²) >= 11 is 0. The third-order valence-electron chi connectivity index (χ3n) is 2.91. The molecule has 1 fully saturated rings. The van der Waals surface area contributed by atoms with Gasteiger partial charge in [-0.1, -0.05) is 6.42 Å². The van der Waals surface area contributed by atoms with E-state index in [0.29, 0.717) is 0 Å². The summed E-state index contributed by atoms with van der Waals surface area (Å²) in [5.41, 5.74) is 0. The Balaban J connectivity index is 2.46. The van der Waals surface area contributed by atoms with Gasteiger partial charge in [-0.05, 0) is 12.8 Å². The van der Waals surface area contributed by atoms with Gasteiger partial charge in [-0.3, -0.25) is 9.20 Å². The molecule has 2 N–H and O–H groups in total. The predicted molar refractivity (Wildman–Crippen MR) is 61.1 cm³/mol. The first kappa shape index (κ1) is 11.5. The number of hydrogen-bond acceptors (Lipinski definition) is 2. The van der Waals surface area contributed by atoms with E-state index in [4.69, 9.17) is 0 Å². The molecule has 0 aromatic carbocycles. The molecule has 0 aliphatic heterocycles. The molecular formula is C9H19N3OS. The van der Waals surface area contributed by atoms with E-state index in [0.717, 1.165) is 25.3 Å². The second-order valence-corrected chi connectivity index (χ2v) is 5.44. The molecule has 0 radical (unpaired) electrons. The summed E-state index contributed by atoms with van der Waals surface area (Å²) in [6.45, 7) is 0.754.